The Hall–Kier alpha value is -6.53. The van der Waals surface area contributed by atoms with E-state index in [2.05, 4.69) is 21.3 Å². The van der Waals surface area contributed by atoms with Crippen molar-refractivity contribution in [1.29, 1.82) is 0 Å². The van der Waals surface area contributed by atoms with Gasteiger partial charge in [0.2, 0.25) is 65.0 Å². The second-order valence-electron chi connectivity index (χ2n) is 28.3. The Morgan fingerprint density at radius 2 is 1.22 bits per heavy atom. The molecule has 0 unspecified atom stereocenters. The Labute approximate surface area is 557 Å². The lowest BCUT2D eigenvalue weighted by Gasteiger charge is -2.45. The Morgan fingerprint density at radius 3 is 1.80 bits per heavy atom. The molecule has 3 saturated heterocycles. The number of alkyl halides is 3. The number of rotatable bonds is 10. The topological polar surface area (TPSA) is 259 Å². The molecule has 0 radical (unpaired) electrons. The number of nitrogens with zero attached hydrogens (tertiary/aromatic N) is 7. The predicted octanol–water partition coefficient (Wildman–Crippen LogP) is 6.23. The molecule has 94 heavy (non-hydrogen) atoms. The van der Waals surface area contributed by atoms with E-state index in [0.29, 0.717) is 37.7 Å². The van der Waals surface area contributed by atoms with Crippen LogP contribution in [-0.4, -0.2) is 214 Å². The number of nitrogens with one attached hydrogen (secondary N) is 4. The summed E-state index contributed by atoms with van der Waals surface area (Å²) in [5.74, 6) is -7.17. The summed E-state index contributed by atoms with van der Waals surface area (Å²) in [5, 5.41) is 11.2. The maximum atomic E-state index is 15.1. The second-order valence-corrected chi connectivity index (χ2v) is 28.7. The smallest absolute Gasteiger partial charge is 0.351 e. The Balaban J connectivity index is 1.23. The van der Waals surface area contributed by atoms with Crippen molar-refractivity contribution in [1.82, 2.24) is 55.6 Å². The maximum absolute atomic E-state index is 15.1. The lowest BCUT2D eigenvalue weighted by molar-refractivity contribution is -0.160. The van der Waals surface area contributed by atoms with Gasteiger partial charge in [0.1, 0.15) is 53.9 Å². The van der Waals surface area contributed by atoms with Gasteiger partial charge in [-0.1, -0.05) is 122 Å². The molecular weight excluding hydrogens is 1240 g/mol. The first-order valence-corrected chi connectivity index (χ1v) is 34.7. The van der Waals surface area contributed by atoms with Crippen molar-refractivity contribution < 1.29 is 65.9 Å². The van der Waals surface area contributed by atoms with Crippen LogP contribution < -0.4 is 21.3 Å². The summed E-state index contributed by atoms with van der Waals surface area (Å²) in [7, 11) is 7.38. The first kappa shape index (κ1) is 74.9. The summed E-state index contributed by atoms with van der Waals surface area (Å²) < 4.78 is 41.4. The zero-order valence-corrected chi connectivity index (χ0v) is 57.8. The van der Waals surface area contributed by atoms with E-state index < -0.39 is 160 Å². The predicted molar refractivity (Wildman–Crippen MR) is 347 cm³/mol. The third-order valence-electron chi connectivity index (χ3n) is 21.3. The van der Waals surface area contributed by atoms with Crippen LogP contribution in [0, 0.1) is 23.7 Å². The molecule has 0 aromatic heterocycles. The standard InChI is InChI=1S/C68H103ClF3N11O11/c1-12-41(4)56-65(93)78(8)43(6)61(89)83-34-30-51(83)64(92)80(10)53(38-45-21-14-13-15-22-45)63(91)77(7)39-54(84)74-49(29-27-46-26-28-47(48(69)36-46)68(70,71)72)62(90)82-33-20-25-50(82)59(87)76-67(31-18-19-32-67)66(94)81(11)57(40(2)3)60(88)73-42(5)35-55(85)79(9)52(58(86)75-56)37-44-23-16-17-24-44/h26,28,36,40-45,49-53,56-57H,12-25,27,29-35,37-39H2,1-11H3,(H,73,88)(H,74,84)(H,75,86)(H,76,87)/t41-,42+,43-,49-,50-,51-,52-,53-,56-,57-/m0/s1. The number of hydrogen-bond donors (Lipinski definition) is 4. The molecule has 1 aromatic rings. The lowest BCUT2D eigenvalue weighted by Crippen LogP contribution is -2.65. The molecule has 3 heterocycles. The van der Waals surface area contributed by atoms with Crippen LogP contribution in [0.5, 0.6) is 0 Å². The molecule has 3 aliphatic heterocycles. The molecule has 10 atom stereocenters. The van der Waals surface area contributed by atoms with E-state index in [1.807, 2.05) is 13.8 Å². The maximum Gasteiger partial charge on any atom is 0.417 e. The van der Waals surface area contributed by atoms with Crippen molar-refractivity contribution in [3.05, 3.63) is 34.3 Å². The van der Waals surface area contributed by atoms with Crippen molar-refractivity contribution in [2.24, 2.45) is 23.7 Å². The van der Waals surface area contributed by atoms with E-state index in [0.717, 1.165) is 74.8 Å². The summed E-state index contributed by atoms with van der Waals surface area (Å²) in [6, 6.07) is -6.59. The summed E-state index contributed by atoms with van der Waals surface area (Å²) in [5.41, 5.74) is -2.24. The first-order valence-electron chi connectivity index (χ1n) is 34.3. The molecule has 6 aliphatic rings. The van der Waals surface area contributed by atoms with Crippen LogP contribution in [0.15, 0.2) is 18.2 Å². The van der Waals surface area contributed by atoms with Gasteiger partial charge < -0.3 is 55.6 Å². The number of fused-ring (bicyclic) bond motifs is 2. The molecule has 3 saturated carbocycles. The van der Waals surface area contributed by atoms with Gasteiger partial charge in [-0.3, -0.25) is 52.7 Å². The van der Waals surface area contributed by atoms with Gasteiger partial charge in [0.05, 0.1) is 17.1 Å². The number of carbonyl (C=O) groups is 11. The highest BCUT2D eigenvalue weighted by molar-refractivity contribution is 6.31. The van der Waals surface area contributed by atoms with Crippen LogP contribution in [0.2, 0.25) is 5.02 Å². The fraction of sp³-hybridized carbons (Fsp3) is 0.750. The van der Waals surface area contributed by atoms with Gasteiger partial charge in [0.15, 0.2) is 0 Å². The summed E-state index contributed by atoms with van der Waals surface area (Å²) in [4.78, 5) is 171. The van der Waals surface area contributed by atoms with Crippen LogP contribution >= 0.6 is 11.6 Å². The zero-order chi connectivity index (χ0) is 69.3. The SMILES string of the molecule is CC[C@H](C)[C@@H]1NC(=O)[C@H](CC2CCCC2)N(C)C(=O)C[C@@H](C)NC(=O)[C@H](C(C)C)N(C)C(=O)C2(CCCC2)NC(=O)[C@@H]2CCCN2C(=O)[C@H](CCc2ccc(C(F)(F)F)c(Cl)c2)NC(=O)CN(C)C(=O)[C@H](CC2CCCCC2)N(C)C(=O)[C@@H]2CCN2C(=O)[C@H](C)N(C)C1=O. The Morgan fingerprint density at radius 1 is 0.617 bits per heavy atom. The van der Waals surface area contributed by atoms with E-state index in [-0.39, 0.29) is 76.3 Å². The van der Waals surface area contributed by atoms with Gasteiger partial charge in [0.25, 0.3) is 0 Å². The largest absolute Gasteiger partial charge is 0.417 e. The Bertz CT molecular complexity index is 2940. The average Bonchev–Trinajstić information content (AvgIpc) is 1.24. The number of hydrogen-bond acceptors (Lipinski definition) is 11. The Kier molecular flexibility index (Phi) is 25.9. The van der Waals surface area contributed by atoms with Gasteiger partial charge in [-0.2, -0.15) is 13.2 Å². The molecule has 1 spiro atoms. The molecular formula is C68H103ClF3N11O11. The summed E-state index contributed by atoms with van der Waals surface area (Å²) in [6.07, 6.45) is 6.18. The number of carbonyl (C=O) groups excluding carboxylic acids is 11. The van der Waals surface area contributed by atoms with Crippen molar-refractivity contribution in [2.45, 2.75) is 249 Å². The quantitative estimate of drug-likeness (QED) is 0.204. The number of halogens is 4. The first-order chi connectivity index (χ1) is 44.3. The monoisotopic (exact) mass is 1340 g/mol. The van der Waals surface area contributed by atoms with Crippen LogP contribution in [0.25, 0.3) is 0 Å². The van der Waals surface area contributed by atoms with E-state index in [9.17, 15) is 56.3 Å². The number of aryl methyl sites for hydroxylation is 1. The number of benzene rings is 1. The van der Waals surface area contributed by atoms with Crippen molar-refractivity contribution in [3.63, 3.8) is 0 Å². The van der Waals surface area contributed by atoms with Gasteiger partial charge >= 0.3 is 6.18 Å². The molecule has 4 N–H and O–H groups in total. The normalized spacial score (nSPS) is 28.7. The minimum atomic E-state index is -4.74. The van der Waals surface area contributed by atoms with E-state index in [1.54, 1.807) is 27.7 Å². The zero-order valence-electron chi connectivity index (χ0n) is 57.0. The molecule has 26 heteroatoms. The highest BCUT2D eigenvalue weighted by atomic mass is 35.5. The summed E-state index contributed by atoms with van der Waals surface area (Å²) in [6.45, 7) is 10.1. The summed E-state index contributed by atoms with van der Waals surface area (Å²) >= 11 is 6.13. The lowest BCUT2D eigenvalue weighted by atomic mass is 9.84. The van der Waals surface area contributed by atoms with Crippen molar-refractivity contribution in [3.8, 4) is 0 Å². The highest BCUT2D eigenvalue weighted by Gasteiger charge is 2.51. The van der Waals surface area contributed by atoms with Gasteiger partial charge in [-0.15, -0.1) is 0 Å². The minimum Gasteiger partial charge on any atom is -0.351 e. The highest BCUT2D eigenvalue weighted by Crippen LogP contribution is 2.38. The molecule has 3 aliphatic carbocycles. The fourth-order valence-corrected chi connectivity index (χ4v) is 15.4. The van der Waals surface area contributed by atoms with E-state index in [1.165, 1.54) is 70.7 Å². The van der Waals surface area contributed by atoms with Crippen LogP contribution in [0.3, 0.4) is 0 Å². The molecule has 11 amide bonds. The van der Waals surface area contributed by atoms with E-state index in [4.69, 9.17) is 11.6 Å². The number of likely N-dealkylation sites (N-methyl/N-ethyl adjacent to an activating group) is 5. The van der Waals surface area contributed by atoms with Crippen molar-refractivity contribution >= 4 is 76.6 Å². The fourth-order valence-electron chi connectivity index (χ4n) is 15.1. The average molecular weight is 1340 g/mol. The molecule has 7 rings (SSSR count). The van der Waals surface area contributed by atoms with Crippen molar-refractivity contribution in [2.75, 3.05) is 54.9 Å². The van der Waals surface area contributed by atoms with Gasteiger partial charge in [0, 0.05) is 60.8 Å². The van der Waals surface area contributed by atoms with Gasteiger partial charge in [-0.05, 0) is 113 Å². The van der Waals surface area contributed by atoms with E-state index >= 15 is 9.59 Å². The molecule has 524 valence electrons. The third kappa shape index (κ3) is 17.7. The van der Waals surface area contributed by atoms with Gasteiger partial charge in [-0.25, -0.2) is 0 Å². The minimum absolute atomic E-state index is 0.0405. The molecule has 22 nitrogen and oxygen atoms in total. The second kappa shape index (κ2) is 32.5. The van der Waals surface area contributed by atoms with Crippen LogP contribution in [-0.2, 0) is 65.3 Å². The molecule has 6 fully saturated rings. The van der Waals surface area contributed by atoms with Crippen LogP contribution in [0.4, 0.5) is 13.2 Å². The van der Waals surface area contributed by atoms with Crippen LogP contribution in [0.1, 0.15) is 188 Å². The molecule has 0 bridgehead atoms. The number of amides is 11. The molecule has 1 aromatic carbocycles. The third-order valence-corrected chi connectivity index (χ3v) is 21.6.